The average Bonchev–Trinajstić information content (AvgIpc) is 3.33. The number of aromatic nitrogens is 2. The van der Waals surface area contributed by atoms with E-state index in [0.29, 0.717) is 23.0 Å². The normalized spacial score (nSPS) is 14.4. The molecule has 0 atom stereocenters. The number of amides is 1. The van der Waals surface area contributed by atoms with Crippen LogP contribution in [0, 0.1) is 13.8 Å². The summed E-state index contributed by atoms with van der Waals surface area (Å²) in [4.78, 5) is 17.2. The lowest BCUT2D eigenvalue weighted by molar-refractivity contribution is 0.102. The lowest BCUT2D eigenvalue weighted by Gasteiger charge is -2.09. The molecule has 5 heteroatoms. The van der Waals surface area contributed by atoms with Crippen LogP contribution < -0.4 is 5.32 Å². The molecule has 3 aromatic rings. The number of nitrogens with zero attached hydrogens (tertiary/aromatic N) is 2. The van der Waals surface area contributed by atoms with Crippen molar-refractivity contribution >= 4 is 11.6 Å². The summed E-state index contributed by atoms with van der Waals surface area (Å²) in [6, 6.07) is 13.4. The maximum absolute atomic E-state index is 12.6. The first-order chi connectivity index (χ1) is 13.1. The van der Waals surface area contributed by atoms with E-state index in [2.05, 4.69) is 15.5 Å². The van der Waals surface area contributed by atoms with E-state index in [0.717, 1.165) is 35.4 Å². The highest BCUT2D eigenvalue weighted by atomic mass is 16.5. The third-order valence-corrected chi connectivity index (χ3v) is 5.15. The highest BCUT2D eigenvalue weighted by Gasteiger charge is 2.23. The highest BCUT2D eigenvalue weighted by Crippen LogP contribution is 2.34. The maximum atomic E-state index is 12.6. The average molecular weight is 361 g/mol. The van der Waals surface area contributed by atoms with Gasteiger partial charge in [-0.25, -0.2) is 0 Å². The van der Waals surface area contributed by atoms with E-state index < -0.39 is 0 Å². The molecule has 2 aromatic carbocycles. The molecule has 0 saturated heterocycles. The van der Waals surface area contributed by atoms with E-state index in [1.807, 2.05) is 56.3 Å². The van der Waals surface area contributed by atoms with Gasteiger partial charge in [0.05, 0.1) is 0 Å². The van der Waals surface area contributed by atoms with E-state index in [4.69, 9.17) is 4.52 Å². The first kappa shape index (κ1) is 17.5. The van der Waals surface area contributed by atoms with Gasteiger partial charge in [0, 0.05) is 22.7 Å². The van der Waals surface area contributed by atoms with E-state index >= 15 is 0 Å². The summed E-state index contributed by atoms with van der Waals surface area (Å²) in [7, 11) is 0. The largest absolute Gasteiger partial charge is 0.339 e. The number of benzene rings is 2. The first-order valence-electron chi connectivity index (χ1n) is 9.43. The molecule has 138 valence electrons. The fourth-order valence-corrected chi connectivity index (χ4v) is 3.69. The minimum atomic E-state index is -0.121. The van der Waals surface area contributed by atoms with Crippen LogP contribution in [0.5, 0.6) is 0 Å². The van der Waals surface area contributed by atoms with Crippen molar-refractivity contribution in [3.63, 3.8) is 0 Å². The molecule has 1 aliphatic carbocycles. The minimum absolute atomic E-state index is 0.121. The predicted octanol–water partition coefficient (Wildman–Crippen LogP) is 5.26. The number of rotatable bonds is 4. The SMILES string of the molecule is Cc1ccc(C(=O)Nc2cccc(-c3noc(C4CCCC4)n3)c2)c(C)c1. The van der Waals surface area contributed by atoms with Gasteiger partial charge in [-0.15, -0.1) is 0 Å². The summed E-state index contributed by atoms with van der Waals surface area (Å²) in [5, 5.41) is 7.10. The van der Waals surface area contributed by atoms with Gasteiger partial charge in [-0.1, -0.05) is 47.8 Å². The van der Waals surface area contributed by atoms with Crippen molar-refractivity contribution in [1.82, 2.24) is 10.1 Å². The Morgan fingerprint density at radius 1 is 1.11 bits per heavy atom. The van der Waals surface area contributed by atoms with Gasteiger partial charge in [0.2, 0.25) is 11.7 Å². The van der Waals surface area contributed by atoms with Crippen molar-refractivity contribution < 1.29 is 9.32 Å². The van der Waals surface area contributed by atoms with Gasteiger partial charge < -0.3 is 9.84 Å². The van der Waals surface area contributed by atoms with Crippen LogP contribution in [0.2, 0.25) is 0 Å². The Labute approximate surface area is 158 Å². The molecule has 1 amide bonds. The maximum Gasteiger partial charge on any atom is 0.255 e. The lowest BCUT2D eigenvalue weighted by Crippen LogP contribution is -2.13. The smallest absolute Gasteiger partial charge is 0.255 e. The van der Waals surface area contributed by atoms with Crippen LogP contribution in [-0.4, -0.2) is 16.0 Å². The zero-order valence-electron chi connectivity index (χ0n) is 15.7. The van der Waals surface area contributed by atoms with Crippen LogP contribution in [0.15, 0.2) is 47.0 Å². The quantitative estimate of drug-likeness (QED) is 0.688. The number of hydrogen-bond acceptors (Lipinski definition) is 4. The van der Waals surface area contributed by atoms with Crippen LogP contribution in [0.3, 0.4) is 0 Å². The Morgan fingerprint density at radius 2 is 1.93 bits per heavy atom. The second-order valence-corrected chi connectivity index (χ2v) is 7.29. The summed E-state index contributed by atoms with van der Waals surface area (Å²) >= 11 is 0. The Kier molecular flexibility index (Phi) is 4.75. The highest BCUT2D eigenvalue weighted by molar-refractivity contribution is 6.05. The zero-order valence-corrected chi connectivity index (χ0v) is 15.7. The van der Waals surface area contributed by atoms with Gasteiger partial charge in [-0.3, -0.25) is 4.79 Å². The van der Waals surface area contributed by atoms with Gasteiger partial charge in [0.25, 0.3) is 5.91 Å². The lowest BCUT2D eigenvalue weighted by atomic mass is 10.0. The molecule has 1 aliphatic rings. The Hall–Kier alpha value is -2.95. The standard InChI is InChI=1S/C22H23N3O2/c1-14-10-11-19(15(2)12-14)21(26)23-18-9-5-8-17(13-18)20-24-22(27-25-20)16-6-3-4-7-16/h5,8-13,16H,3-4,6-7H2,1-2H3,(H,23,26). The van der Waals surface area contributed by atoms with Crippen molar-refractivity contribution in [3.05, 3.63) is 65.0 Å². The Balaban J connectivity index is 1.53. The Morgan fingerprint density at radius 3 is 2.70 bits per heavy atom. The third-order valence-electron chi connectivity index (χ3n) is 5.15. The van der Waals surface area contributed by atoms with Gasteiger partial charge in [-0.05, 0) is 50.5 Å². The summed E-state index contributed by atoms with van der Waals surface area (Å²) in [6.07, 6.45) is 4.69. The molecule has 1 heterocycles. The van der Waals surface area contributed by atoms with Crippen molar-refractivity contribution in [2.45, 2.75) is 45.4 Å². The molecular formula is C22H23N3O2. The molecule has 0 bridgehead atoms. The molecule has 0 unspecified atom stereocenters. The molecule has 1 fully saturated rings. The molecule has 1 aromatic heterocycles. The van der Waals surface area contributed by atoms with Crippen LogP contribution >= 0.6 is 0 Å². The van der Waals surface area contributed by atoms with Crippen molar-refractivity contribution in [2.24, 2.45) is 0 Å². The molecule has 0 aliphatic heterocycles. The first-order valence-corrected chi connectivity index (χ1v) is 9.43. The summed E-state index contributed by atoms with van der Waals surface area (Å²) in [5.74, 6) is 1.56. The molecular weight excluding hydrogens is 338 g/mol. The van der Waals surface area contributed by atoms with E-state index in [-0.39, 0.29) is 5.91 Å². The molecule has 0 spiro atoms. The molecule has 1 saturated carbocycles. The van der Waals surface area contributed by atoms with Crippen molar-refractivity contribution in [2.75, 3.05) is 5.32 Å². The number of hydrogen-bond donors (Lipinski definition) is 1. The fourth-order valence-electron chi connectivity index (χ4n) is 3.69. The number of aryl methyl sites for hydroxylation is 2. The molecule has 1 N–H and O–H groups in total. The second kappa shape index (κ2) is 7.35. The Bertz CT molecular complexity index is 971. The summed E-state index contributed by atoms with van der Waals surface area (Å²) < 4.78 is 5.47. The van der Waals surface area contributed by atoms with Gasteiger partial charge >= 0.3 is 0 Å². The number of anilines is 1. The number of carbonyl (C=O) groups excluding carboxylic acids is 1. The van der Waals surface area contributed by atoms with Crippen LogP contribution in [-0.2, 0) is 0 Å². The third kappa shape index (κ3) is 3.77. The van der Waals surface area contributed by atoms with Gasteiger partial charge in [-0.2, -0.15) is 4.98 Å². The van der Waals surface area contributed by atoms with E-state index in [1.54, 1.807) is 0 Å². The van der Waals surface area contributed by atoms with Crippen LogP contribution in [0.1, 0.15) is 59.0 Å². The van der Waals surface area contributed by atoms with Crippen LogP contribution in [0.25, 0.3) is 11.4 Å². The number of nitrogens with one attached hydrogen (secondary N) is 1. The van der Waals surface area contributed by atoms with Gasteiger partial charge in [0.15, 0.2) is 0 Å². The summed E-state index contributed by atoms with van der Waals surface area (Å²) in [5.41, 5.74) is 4.32. The minimum Gasteiger partial charge on any atom is -0.339 e. The molecule has 27 heavy (non-hydrogen) atoms. The molecule has 4 rings (SSSR count). The topological polar surface area (TPSA) is 68.0 Å². The second-order valence-electron chi connectivity index (χ2n) is 7.29. The van der Waals surface area contributed by atoms with E-state index in [9.17, 15) is 4.79 Å². The summed E-state index contributed by atoms with van der Waals surface area (Å²) in [6.45, 7) is 3.96. The van der Waals surface area contributed by atoms with Gasteiger partial charge in [0.1, 0.15) is 0 Å². The number of carbonyl (C=O) groups is 1. The zero-order chi connectivity index (χ0) is 18.8. The van der Waals surface area contributed by atoms with Crippen LogP contribution in [0.4, 0.5) is 5.69 Å². The van der Waals surface area contributed by atoms with Crippen molar-refractivity contribution in [3.8, 4) is 11.4 Å². The van der Waals surface area contributed by atoms with Crippen molar-refractivity contribution in [1.29, 1.82) is 0 Å². The fraction of sp³-hybridized carbons (Fsp3) is 0.318. The monoisotopic (exact) mass is 361 g/mol. The molecule has 5 nitrogen and oxygen atoms in total. The van der Waals surface area contributed by atoms with E-state index in [1.165, 1.54) is 12.8 Å². The molecule has 0 radical (unpaired) electrons. The predicted molar refractivity (Wildman–Crippen MR) is 105 cm³/mol.